The lowest BCUT2D eigenvalue weighted by atomic mass is 9.96. The molecule has 9 heteroatoms. The van der Waals surface area contributed by atoms with Crippen LogP contribution in [0.5, 0.6) is 0 Å². The van der Waals surface area contributed by atoms with Gasteiger partial charge in [-0.05, 0) is 47.7 Å². The van der Waals surface area contributed by atoms with E-state index < -0.39 is 5.91 Å². The Hall–Kier alpha value is -3.26. The maximum absolute atomic E-state index is 12.3. The number of rotatable bonds is 6. The molecule has 0 unspecified atom stereocenters. The number of carbonyl (C=O) groups is 2. The number of nitrogens with zero attached hydrogens (tertiary/aromatic N) is 3. The Labute approximate surface area is 190 Å². The van der Waals surface area contributed by atoms with Gasteiger partial charge in [0.05, 0.1) is 0 Å². The third kappa shape index (κ3) is 5.13. The average Bonchev–Trinajstić information content (AvgIpc) is 3.48. The van der Waals surface area contributed by atoms with E-state index in [9.17, 15) is 9.59 Å². The first-order valence-corrected chi connectivity index (χ1v) is 10.8. The predicted octanol–water partition coefficient (Wildman–Crippen LogP) is 4.36. The number of pyridine rings is 1. The molecular formula is C23H24ClN5O3. The molecule has 0 aliphatic heterocycles. The minimum Gasteiger partial charge on any atom is -0.344 e. The Balaban J connectivity index is 1.41. The fourth-order valence-corrected chi connectivity index (χ4v) is 3.24. The van der Waals surface area contributed by atoms with E-state index in [1.807, 2.05) is 51.1 Å². The zero-order chi connectivity index (χ0) is 22.9. The van der Waals surface area contributed by atoms with Crippen LogP contribution in [0.3, 0.4) is 0 Å². The molecule has 1 aliphatic carbocycles. The minimum absolute atomic E-state index is 0.00893. The number of nitrogens with one attached hydrogen (secondary N) is 2. The second-order valence-electron chi connectivity index (χ2n) is 8.86. The summed E-state index contributed by atoms with van der Waals surface area (Å²) in [6.07, 6.45) is 3.52. The van der Waals surface area contributed by atoms with Crippen molar-refractivity contribution < 1.29 is 14.1 Å². The molecular weight excluding hydrogens is 430 g/mol. The number of hydrogen-bond donors (Lipinski definition) is 2. The number of anilines is 1. The average molecular weight is 454 g/mol. The highest BCUT2D eigenvalue weighted by atomic mass is 35.5. The zero-order valence-corrected chi connectivity index (χ0v) is 18.9. The van der Waals surface area contributed by atoms with Crippen LogP contribution in [-0.4, -0.2) is 26.9 Å². The van der Waals surface area contributed by atoms with E-state index in [2.05, 4.69) is 25.8 Å². The van der Waals surface area contributed by atoms with Crippen molar-refractivity contribution in [2.75, 3.05) is 5.32 Å². The smallest absolute Gasteiger partial charge is 0.315 e. The topological polar surface area (TPSA) is 110 Å². The van der Waals surface area contributed by atoms with Gasteiger partial charge in [0, 0.05) is 29.1 Å². The molecule has 1 fully saturated rings. The summed E-state index contributed by atoms with van der Waals surface area (Å²) in [5.41, 5.74) is 2.19. The van der Waals surface area contributed by atoms with Crippen molar-refractivity contribution in [2.24, 2.45) is 5.92 Å². The molecule has 1 saturated carbocycles. The summed E-state index contributed by atoms with van der Waals surface area (Å²) in [5, 5.41) is 9.96. The van der Waals surface area contributed by atoms with Crippen LogP contribution in [-0.2, 0) is 16.8 Å². The highest BCUT2D eigenvalue weighted by Crippen LogP contribution is 2.31. The maximum atomic E-state index is 12.3. The number of benzene rings is 1. The third-order valence-electron chi connectivity index (χ3n) is 5.08. The Morgan fingerprint density at radius 2 is 1.91 bits per heavy atom. The van der Waals surface area contributed by atoms with Gasteiger partial charge in [-0.1, -0.05) is 49.7 Å². The van der Waals surface area contributed by atoms with Gasteiger partial charge < -0.3 is 15.2 Å². The van der Waals surface area contributed by atoms with E-state index in [4.69, 9.17) is 16.1 Å². The van der Waals surface area contributed by atoms with Crippen molar-refractivity contribution in [1.29, 1.82) is 0 Å². The molecule has 166 valence electrons. The van der Waals surface area contributed by atoms with Gasteiger partial charge in [0.15, 0.2) is 5.82 Å². The van der Waals surface area contributed by atoms with Gasteiger partial charge in [0.1, 0.15) is 5.82 Å². The summed E-state index contributed by atoms with van der Waals surface area (Å²) in [7, 11) is 0. The summed E-state index contributed by atoms with van der Waals surface area (Å²) in [6, 6.07) is 9.22. The van der Waals surface area contributed by atoms with Crippen molar-refractivity contribution in [1.82, 2.24) is 20.4 Å². The number of amides is 2. The lowest BCUT2D eigenvalue weighted by Gasteiger charge is -2.11. The standard InChI is InChI=1S/C23H24ClN5O3/c1-23(2,3)22-28-21(32-29-22)20(31)26-12-16-7-6-14(10-17(16)24)15-8-9-25-18(11-15)27-19(30)13-4-5-13/h6-11,13H,4-5,12H2,1-3H3,(H,26,31)(H,25,27,30). The molecule has 32 heavy (non-hydrogen) atoms. The summed E-state index contributed by atoms with van der Waals surface area (Å²) in [4.78, 5) is 32.7. The molecule has 2 N–H and O–H groups in total. The number of carbonyl (C=O) groups excluding carboxylic acids is 2. The molecule has 2 amide bonds. The summed E-state index contributed by atoms with van der Waals surface area (Å²) >= 11 is 6.46. The molecule has 1 aliphatic rings. The number of hydrogen-bond acceptors (Lipinski definition) is 6. The first-order chi connectivity index (χ1) is 15.2. The van der Waals surface area contributed by atoms with Crippen LogP contribution in [0.4, 0.5) is 5.82 Å². The van der Waals surface area contributed by atoms with Gasteiger partial charge in [-0.25, -0.2) is 4.98 Å². The van der Waals surface area contributed by atoms with E-state index in [0.29, 0.717) is 16.7 Å². The van der Waals surface area contributed by atoms with Crippen LogP contribution >= 0.6 is 11.6 Å². The molecule has 0 spiro atoms. The quantitative estimate of drug-likeness (QED) is 0.573. The van der Waals surface area contributed by atoms with Crippen LogP contribution in [0.2, 0.25) is 5.02 Å². The SMILES string of the molecule is CC(C)(C)c1noc(C(=O)NCc2ccc(-c3ccnc(NC(=O)C4CC4)c3)cc2Cl)n1. The molecule has 0 atom stereocenters. The van der Waals surface area contributed by atoms with Gasteiger partial charge in [0.2, 0.25) is 5.91 Å². The third-order valence-corrected chi connectivity index (χ3v) is 5.43. The fraction of sp³-hybridized carbons (Fsp3) is 0.348. The molecule has 3 aromatic rings. The van der Waals surface area contributed by atoms with Gasteiger partial charge in [-0.2, -0.15) is 4.98 Å². The van der Waals surface area contributed by atoms with E-state index in [1.54, 1.807) is 6.20 Å². The van der Waals surface area contributed by atoms with E-state index in [-0.39, 0.29) is 29.7 Å². The molecule has 0 bridgehead atoms. The van der Waals surface area contributed by atoms with Crippen LogP contribution in [0, 0.1) is 5.92 Å². The first kappa shape index (κ1) is 22.0. The first-order valence-electron chi connectivity index (χ1n) is 10.4. The van der Waals surface area contributed by atoms with Crippen molar-refractivity contribution in [3.8, 4) is 11.1 Å². The van der Waals surface area contributed by atoms with Crippen LogP contribution in [0.15, 0.2) is 41.1 Å². The Bertz CT molecular complexity index is 1160. The van der Waals surface area contributed by atoms with E-state index in [1.165, 1.54) is 0 Å². The van der Waals surface area contributed by atoms with Gasteiger partial charge in [0.25, 0.3) is 0 Å². The Morgan fingerprint density at radius 1 is 1.16 bits per heavy atom. The van der Waals surface area contributed by atoms with E-state index >= 15 is 0 Å². The van der Waals surface area contributed by atoms with Crippen molar-refractivity contribution >= 4 is 29.2 Å². The molecule has 2 heterocycles. The largest absolute Gasteiger partial charge is 0.344 e. The second-order valence-corrected chi connectivity index (χ2v) is 9.26. The summed E-state index contributed by atoms with van der Waals surface area (Å²) in [6.45, 7) is 6.03. The van der Waals surface area contributed by atoms with Crippen LogP contribution in [0.25, 0.3) is 11.1 Å². The Morgan fingerprint density at radius 3 is 2.56 bits per heavy atom. The highest BCUT2D eigenvalue weighted by molar-refractivity contribution is 6.31. The number of halogens is 1. The van der Waals surface area contributed by atoms with Gasteiger partial charge in [-0.15, -0.1) is 0 Å². The molecule has 0 radical (unpaired) electrons. The van der Waals surface area contributed by atoms with Crippen molar-refractivity contribution in [2.45, 2.75) is 45.6 Å². The van der Waals surface area contributed by atoms with Gasteiger partial charge >= 0.3 is 11.8 Å². The van der Waals surface area contributed by atoms with Crippen LogP contribution in [0.1, 0.15) is 55.7 Å². The van der Waals surface area contributed by atoms with Crippen molar-refractivity contribution in [3.63, 3.8) is 0 Å². The summed E-state index contributed by atoms with van der Waals surface area (Å²) in [5.74, 6) is 0.556. The normalized spacial score (nSPS) is 13.6. The van der Waals surface area contributed by atoms with Crippen molar-refractivity contribution in [3.05, 3.63) is 58.8 Å². The molecule has 4 rings (SSSR count). The minimum atomic E-state index is -0.460. The second kappa shape index (κ2) is 8.70. The summed E-state index contributed by atoms with van der Waals surface area (Å²) < 4.78 is 5.06. The zero-order valence-electron chi connectivity index (χ0n) is 18.1. The molecule has 0 saturated heterocycles. The van der Waals surface area contributed by atoms with Gasteiger partial charge in [-0.3, -0.25) is 9.59 Å². The molecule has 2 aromatic heterocycles. The fourth-order valence-electron chi connectivity index (χ4n) is 2.99. The predicted molar refractivity (Wildman–Crippen MR) is 120 cm³/mol. The number of aromatic nitrogens is 3. The molecule has 1 aromatic carbocycles. The Kier molecular flexibility index (Phi) is 5.97. The highest BCUT2D eigenvalue weighted by Gasteiger charge is 2.29. The monoisotopic (exact) mass is 453 g/mol. The molecule has 8 nitrogen and oxygen atoms in total. The maximum Gasteiger partial charge on any atom is 0.315 e. The lowest BCUT2D eigenvalue weighted by molar-refractivity contribution is -0.117. The van der Waals surface area contributed by atoms with E-state index in [0.717, 1.165) is 29.5 Å². The van der Waals surface area contributed by atoms with Crippen LogP contribution < -0.4 is 10.6 Å². The lowest BCUT2D eigenvalue weighted by Crippen LogP contribution is -2.23.